The smallest absolute Gasteiger partial charge is 0.0642 e. The molecule has 0 aliphatic carbocycles. The zero-order valence-corrected chi connectivity index (χ0v) is 11.9. The summed E-state index contributed by atoms with van der Waals surface area (Å²) in [5.74, 6) is 0.507. The molecule has 0 amide bonds. The van der Waals surface area contributed by atoms with E-state index >= 15 is 0 Å². The highest BCUT2D eigenvalue weighted by Gasteiger charge is 2.04. The minimum Gasteiger partial charge on any atom is -0.381 e. The van der Waals surface area contributed by atoms with E-state index in [1.54, 1.807) is 6.07 Å². The van der Waals surface area contributed by atoms with Gasteiger partial charge in [-0.05, 0) is 29.3 Å². The average molecular weight is 301 g/mol. The first-order chi connectivity index (χ1) is 8.70. The minimum absolute atomic E-state index is 0.507. The van der Waals surface area contributed by atoms with Gasteiger partial charge in [0.15, 0.2) is 0 Å². The van der Waals surface area contributed by atoms with Gasteiger partial charge in [-0.1, -0.05) is 47.5 Å². The fourth-order valence-electron chi connectivity index (χ4n) is 1.65. The minimum atomic E-state index is 0.507. The quantitative estimate of drug-likeness (QED) is 0.751. The van der Waals surface area contributed by atoms with Gasteiger partial charge in [-0.25, -0.2) is 0 Å². The summed E-state index contributed by atoms with van der Waals surface area (Å²) in [6.45, 7) is 0.630. The number of anilines is 1. The molecule has 0 saturated heterocycles. The van der Waals surface area contributed by atoms with Gasteiger partial charge < -0.3 is 5.32 Å². The Morgan fingerprint density at radius 3 is 2.56 bits per heavy atom. The maximum absolute atomic E-state index is 6.12. The Morgan fingerprint density at radius 1 is 1.00 bits per heavy atom. The first-order valence-electron chi connectivity index (χ1n) is 5.52. The van der Waals surface area contributed by atoms with Crippen LogP contribution in [0.15, 0.2) is 42.5 Å². The highest BCUT2D eigenvalue weighted by atomic mass is 35.5. The molecular weight excluding hydrogens is 289 g/mol. The molecule has 18 heavy (non-hydrogen) atoms. The molecule has 0 spiro atoms. The van der Waals surface area contributed by atoms with Crippen LogP contribution in [0.2, 0.25) is 10.0 Å². The van der Waals surface area contributed by atoms with Crippen LogP contribution >= 0.6 is 34.8 Å². The van der Waals surface area contributed by atoms with Gasteiger partial charge in [0.2, 0.25) is 0 Å². The maximum Gasteiger partial charge on any atom is 0.0642 e. The number of hydrogen-bond donors (Lipinski definition) is 1. The molecule has 94 valence electrons. The van der Waals surface area contributed by atoms with Gasteiger partial charge in [-0.2, -0.15) is 0 Å². The van der Waals surface area contributed by atoms with E-state index in [4.69, 9.17) is 34.8 Å². The van der Waals surface area contributed by atoms with Gasteiger partial charge in [-0.3, -0.25) is 0 Å². The summed E-state index contributed by atoms with van der Waals surface area (Å²) in [6.07, 6.45) is 0. The summed E-state index contributed by atoms with van der Waals surface area (Å²) in [6, 6.07) is 13.6. The number of halogens is 3. The molecule has 1 nitrogen and oxygen atoms in total. The van der Waals surface area contributed by atoms with Crippen molar-refractivity contribution in [2.75, 3.05) is 5.32 Å². The van der Waals surface area contributed by atoms with Crippen molar-refractivity contribution in [2.45, 2.75) is 12.4 Å². The second-order valence-corrected chi connectivity index (χ2v) is 4.95. The lowest BCUT2D eigenvalue weighted by molar-refractivity contribution is 1.15. The van der Waals surface area contributed by atoms with Crippen LogP contribution in [0.25, 0.3) is 0 Å². The highest BCUT2D eigenvalue weighted by Crippen LogP contribution is 2.26. The first-order valence-corrected chi connectivity index (χ1v) is 6.81. The van der Waals surface area contributed by atoms with Crippen LogP contribution in [0.4, 0.5) is 5.69 Å². The molecule has 0 aliphatic heterocycles. The van der Waals surface area contributed by atoms with Gasteiger partial charge in [0.1, 0.15) is 0 Å². The fourth-order valence-corrected chi connectivity index (χ4v) is 2.20. The lowest BCUT2D eigenvalue weighted by atomic mass is 10.2. The summed E-state index contributed by atoms with van der Waals surface area (Å²) in [4.78, 5) is 0. The fraction of sp³-hybridized carbons (Fsp3) is 0.143. The second-order valence-electron chi connectivity index (χ2n) is 3.90. The van der Waals surface area contributed by atoms with Crippen molar-refractivity contribution < 1.29 is 0 Å². The Kier molecular flexibility index (Phi) is 4.76. The van der Waals surface area contributed by atoms with Crippen LogP contribution in [-0.4, -0.2) is 0 Å². The summed E-state index contributed by atoms with van der Waals surface area (Å²) in [5.41, 5.74) is 3.07. The third-order valence-corrected chi connectivity index (χ3v) is 3.76. The number of hydrogen-bond acceptors (Lipinski definition) is 1. The number of nitrogens with one attached hydrogen (secondary N) is 1. The van der Waals surface area contributed by atoms with E-state index in [0.717, 1.165) is 16.8 Å². The van der Waals surface area contributed by atoms with E-state index in [9.17, 15) is 0 Å². The maximum atomic E-state index is 6.12. The Labute approximate surface area is 122 Å². The van der Waals surface area contributed by atoms with Crippen molar-refractivity contribution in [1.82, 2.24) is 0 Å². The van der Waals surface area contributed by atoms with E-state index in [0.29, 0.717) is 22.5 Å². The molecule has 0 unspecified atom stereocenters. The second kappa shape index (κ2) is 6.33. The molecule has 2 aromatic carbocycles. The SMILES string of the molecule is ClCc1cccc(NCc2cccc(Cl)c2Cl)c1. The number of benzene rings is 2. The molecule has 0 radical (unpaired) electrons. The van der Waals surface area contributed by atoms with Crippen molar-refractivity contribution in [1.29, 1.82) is 0 Å². The summed E-state index contributed by atoms with van der Waals surface area (Å²) in [5, 5.41) is 4.47. The number of alkyl halides is 1. The third-order valence-electron chi connectivity index (χ3n) is 2.60. The Bertz CT molecular complexity index is 540. The van der Waals surface area contributed by atoms with Crippen LogP contribution in [-0.2, 0) is 12.4 Å². The molecule has 2 rings (SSSR count). The molecule has 0 bridgehead atoms. The number of rotatable bonds is 4. The van der Waals surface area contributed by atoms with Gasteiger partial charge in [0.25, 0.3) is 0 Å². The standard InChI is InChI=1S/C14H12Cl3N/c15-8-10-3-1-5-12(7-10)18-9-11-4-2-6-13(16)14(11)17/h1-7,18H,8-9H2. The molecule has 0 saturated carbocycles. The average Bonchev–Trinajstić information content (AvgIpc) is 2.41. The highest BCUT2D eigenvalue weighted by molar-refractivity contribution is 6.42. The molecule has 0 aliphatic rings. The van der Waals surface area contributed by atoms with Crippen molar-refractivity contribution in [3.8, 4) is 0 Å². The van der Waals surface area contributed by atoms with Gasteiger partial charge >= 0.3 is 0 Å². The van der Waals surface area contributed by atoms with E-state index in [1.165, 1.54) is 0 Å². The summed E-state index contributed by atoms with van der Waals surface area (Å²) >= 11 is 17.9. The molecule has 0 aromatic heterocycles. The van der Waals surface area contributed by atoms with Crippen LogP contribution in [0.1, 0.15) is 11.1 Å². The molecule has 4 heteroatoms. The molecule has 0 heterocycles. The summed E-state index contributed by atoms with van der Waals surface area (Å²) in [7, 11) is 0. The molecule has 0 fully saturated rings. The van der Waals surface area contributed by atoms with E-state index in [-0.39, 0.29) is 0 Å². The Hall–Kier alpha value is -0.890. The topological polar surface area (TPSA) is 12.0 Å². The largest absolute Gasteiger partial charge is 0.381 e. The lowest BCUT2D eigenvalue weighted by Gasteiger charge is -2.09. The van der Waals surface area contributed by atoms with Crippen LogP contribution < -0.4 is 5.32 Å². The predicted octanol–water partition coefficient (Wildman–Crippen LogP) is 5.34. The zero-order valence-electron chi connectivity index (χ0n) is 9.59. The van der Waals surface area contributed by atoms with Gasteiger partial charge in [0, 0.05) is 18.1 Å². The Morgan fingerprint density at radius 2 is 1.78 bits per heavy atom. The van der Waals surface area contributed by atoms with Crippen LogP contribution in [0, 0.1) is 0 Å². The molecule has 1 N–H and O–H groups in total. The third kappa shape index (κ3) is 3.32. The van der Waals surface area contributed by atoms with E-state index in [1.807, 2.05) is 36.4 Å². The monoisotopic (exact) mass is 299 g/mol. The van der Waals surface area contributed by atoms with Crippen molar-refractivity contribution in [3.05, 3.63) is 63.6 Å². The van der Waals surface area contributed by atoms with Crippen molar-refractivity contribution in [2.24, 2.45) is 0 Å². The van der Waals surface area contributed by atoms with E-state index < -0.39 is 0 Å². The molecule has 0 atom stereocenters. The van der Waals surface area contributed by atoms with Crippen LogP contribution in [0.3, 0.4) is 0 Å². The normalized spacial score (nSPS) is 10.4. The van der Waals surface area contributed by atoms with Crippen molar-refractivity contribution >= 4 is 40.5 Å². The van der Waals surface area contributed by atoms with Crippen molar-refractivity contribution in [3.63, 3.8) is 0 Å². The van der Waals surface area contributed by atoms with Gasteiger partial charge in [0.05, 0.1) is 10.0 Å². The summed E-state index contributed by atoms with van der Waals surface area (Å²) < 4.78 is 0. The van der Waals surface area contributed by atoms with E-state index in [2.05, 4.69) is 5.32 Å². The zero-order chi connectivity index (χ0) is 13.0. The van der Waals surface area contributed by atoms with Crippen LogP contribution in [0.5, 0.6) is 0 Å². The predicted molar refractivity (Wildman–Crippen MR) is 79.8 cm³/mol. The lowest BCUT2D eigenvalue weighted by Crippen LogP contribution is -2.00. The van der Waals surface area contributed by atoms with Gasteiger partial charge in [-0.15, -0.1) is 11.6 Å². The molecular formula is C14H12Cl3N. The Balaban J connectivity index is 2.09. The molecule has 2 aromatic rings. The first kappa shape index (κ1) is 13.5.